The van der Waals surface area contributed by atoms with Gasteiger partial charge in [-0.05, 0) is 36.8 Å². The van der Waals surface area contributed by atoms with Crippen LogP contribution in [0.3, 0.4) is 0 Å². The van der Waals surface area contributed by atoms with Crippen LogP contribution < -0.4 is 0 Å². The predicted molar refractivity (Wildman–Crippen MR) is 76.8 cm³/mol. The Hall–Kier alpha value is -1.87. The highest BCUT2D eigenvalue weighted by molar-refractivity contribution is 6.29. The molecule has 95 valence electrons. The first-order valence-corrected chi connectivity index (χ1v) is 6.59. The second-order valence-corrected chi connectivity index (χ2v) is 4.80. The molecule has 2 heterocycles. The lowest BCUT2D eigenvalue weighted by Gasteiger charge is -2.07. The minimum Gasteiger partial charge on any atom is -0.281 e. The lowest BCUT2D eigenvalue weighted by molar-refractivity contribution is 0.901. The summed E-state index contributed by atoms with van der Waals surface area (Å²) >= 11 is 6.08. The number of rotatable bonds is 2. The molecule has 0 saturated carbocycles. The van der Waals surface area contributed by atoms with Gasteiger partial charge in [-0.3, -0.25) is 4.57 Å². The van der Waals surface area contributed by atoms with Crippen molar-refractivity contribution >= 4 is 22.8 Å². The number of pyridine rings is 1. The molecule has 0 amide bonds. The van der Waals surface area contributed by atoms with Gasteiger partial charge in [-0.2, -0.15) is 0 Å². The summed E-state index contributed by atoms with van der Waals surface area (Å²) in [5, 5.41) is 0.497. The molecule has 1 radical (unpaired) electrons. The van der Waals surface area contributed by atoms with Crippen LogP contribution in [0.1, 0.15) is 18.3 Å². The van der Waals surface area contributed by atoms with Crippen molar-refractivity contribution in [1.29, 1.82) is 0 Å². The molecule has 0 unspecified atom stereocenters. The largest absolute Gasteiger partial charge is 0.281 e. The Bertz CT molecular complexity index is 732. The van der Waals surface area contributed by atoms with Gasteiger partial charge in [0.05, 0.1) is 0 Å². The van der Waals surface area contributed by atoms with Gasteiger partial charge in [-0.25, -0.2) is 9.97 Å². The van der Waals surface area contributed by atoms with E-state index in [1.807, 2.05) is 37.3 Å². The summed E-state index contributed by atoms with van der Waals surface area (Å²) in [5.74, 6) is 0.985. The molecule has 3 aromatic rings. The second-order valence-electron chi connectivity index (χ2n) is 4.41. The number of benzene rings is 1. The van der Waals surface area contributed by atoms with Gasteiger partial charge in [0.25, 0.3) is 0 Å². The van der Waals surface area contributed by atoms with Crippen molar-refractivity contribution in [3.63, 3.8) is 0 Å². The SMILES string of the molecule is CCc1nc2c(C)cc(Cl)nc2n1-c1cc[c]cc1. The van der Waals surface area contributed by atoms with Crippen molar-refractivity contribution in [2.75, 3.05) is 0 Å². The van der Waals surface area contributed by atoms with Gasteiger partial charge in [-0.1, -0.05) is 30.7 Å². The lowest BCUT2D eigenvalue weighted by Crippen LogP contribution is -2.00. The Morgan fingerprint density at radius 3 is 2.68 bits per heavy atom. The van der Waals surface area contributed by atoms with E-state index in [0.717, 1.165) is 34.7 Å². The molecular weight excluding hydrogens is 258 g/mol. The van der Waals surface area contributed by atoms with E-state index in [0.29, 0.717) is 5.15 Å². The zero-order valence-electron chi connectivity index (χ0n) is 10.8. The number of aromatic nitrogens is 3. The first-order chi connectivity index (χ1) is 9.20. The monoisotopic (exact) mass is 270 g/mol. The Morgan fingerprint density at radius 1 is 1.26 bits per heavy atom. The van der Waals surface area contributed by atoms with Crippen LogP contribution in [0.4, 0.5) is 0 Å². The van der Waals surface area contributed by atoms with E-state index in [-0.39, 0.29) is 0 Å². The van der Waals surface area contributed by atoms with Crippen molar-refractivity contribution in [1.82, 2.24) is 14.5 Å². The van der Waals surface area contributed by atoms with Crippen molar-refractivity contribution in [2.24, 2.45) is 0 Å². The van der Waals surface area contributed by atoms with Gasteiger partial charge >= 0.3 is 0 Å². The van der Waals surface area contributed by atoms with E-state index in [4.69, 9.17) is 11.6 Å². The Morgan fingerprint density at radius 2 is 2.00 bits per heavy atom. The number of fused-ring (bicyclic) bond motifs is 1. The quantitative estimate of drug-likeness (QED) is 0.664. The molecule has 1 aromatic carbocycles. The van der Waals surface area contributed by atoms with Crippen LogP contribution in [0.15, 0.2) is 30.3 Å². The fourth-order valence-corrected chi connectivity index (χ4v) is 2.48. The predicted octanol–water partition coefficient (Wildman–Crippen LogP) is 3.74. The molecule has 0 saturated heterocycles. The van der Waals surface area contributed by atoms with E-state index in [9.17, 15) is 0 Å². The first-order valence-electron chi connectivity index (χ1n) is 6.21. The summed E-state index contributed by atoms with van der Waals surface area (Å²) in [4.78, 5) is 9.12. The Labute approximate surface area is 116 Å². The van der Waals surface area contributed by atoms with Crippen molar-refractivity contribution in [3.05, 3.63) is 52.9 Å². The smallest absolute Gasteiger partial charge is 0.166 e. The molecule has 0 aliphatic rings. The number of imidazole rings is 1. The van der Waals surface area contributed by atoms with E-state index < -0.39 is 0 Å². The molecule has 3 nitrogen and oxygen atoms in total. The third-order valence-electron chi connectivity index (χ3n) is 3.12. The summed E-state index contributed by atoms with van der Waals surface area (Å²) in [7, 11) is 0. The first kappa shape index (κ1) is 12.2. The maximum absolute atomic E-state index is 6.08. The molecule has 0 spiro atoms. The molecule has 4 heteroatoms. The standard InChI is InChI=1S/C15H13ClN3/c1-3-13-18-14-10(2)9-12(16)17-15(14)19(13)11-7-5-4-6-8-11/h5-9H,3H2,1-2H3. The lowest BCUT2D eigenvalue weighted by atomic mass is 10.2. The molecular formula is C15H13ClN3. The summed E-state index contributed by atoms with van der Waals surface area (Å²) in [6, 6.07) is 12.6. The molecule has 2 aromatic heterocycles. The molecule has 3 rings (SSSR count). The normalized spacial score (nSPS) is 11.1. The number of hydrogen-bond donors (Lipinski definition) is 0. The minimum atomic E-state index is 0.497. The molecule has 0 bridgehead atoms. The Balaban J connectivity index is 2.39. The zero-order valence-corrected chi connectivity index (χ0v) is 11.6. The topological polar surface area (TPSA) is 30.7 Å². The fraction of sp³-hybridized carbons (Fsp3) is 0.200. The number of halogens is 1. The molecule has 0 N–H and O–H groups in total. The number of nitrogens with zero attached hydrogens (tertiary/aromatic N) is 3. The third kappa shape index (κ3) is 2.00. The van der Waals surface area contributed by atoms with Crippen LogP contribution in [-0.4, -0.2) is 14.5 Å². The average molecular weight is 271 g/mol. The molecule has 19 heavy (non-hydrogen) atoms. The third-order valence-corrected chi connectivity index (χ3v) is 3.31. The average Bonchev–Trinajstić information content (AvgIpc) is 2.78. The van der Waals surface area contributed by atoms with Gasteiger partial charge in [0.1, 0.15) is 16.5 Å². The molecule has 0 aliphatic heterocycles. The highest BCUT2D eigenvalue weighted by Crippen LogP contribution is 2.24. The minimum absolute atomic E-state index is 0.497. The van der Waals surface area contributed by atoms with E-state index in [2.05, 4.69) is 27.5 Å². The van der Waals surface area contributed by atoms with Gasteiger partial charge < -0.3 is 0 Å². The van der Waals surface area contributed by atoms with Crippen molar-refractivity contribution < 1.29 is 0 Å². The Kier molecular flexibility index (Phi) is 2.99. The van der Waals surface area contributed by atoms with Crippen LogP contribution in [0, 0.1) is 13.0 Å². The zero-order chi connectivity index (χ0) is 13.4. The molecule has 0 fully saturated rings. The van der Waals surface area contributed by atoms with Crippen molar-refractivity contribution in [3.8, 4) is 5.69 Å². The summed E-state index contributed by atoms with van der Waals surface area (Å²) in [5.41, 5.74) is 3.81. The van der Waals surface area contributed by atoms with Crippen LogP contribution >= 0.6 is 11.6 Å². The van der Waals surface area contributed by atoms with Crippen LogP contribution in [-0.2, 0) is 6.42 Å². The van der Waals surface area contributed by atoms with Gasteiger partial charge in [0.2, 0.25) is 0 Å². The van der Waals surface area contributed by atoms with Gasteiger partial charge in [-0.15, -0.1) is 0 Å². The van der Waals surface area contributed by atoms with Gasteiger partial charge in [0, 0.05) is 12.1 Å². The molecule has 0 aliphatic carbocycles. The van der Waals surface area contributed by atoms with Crippen LogP contribution in [0.2, 0.25) is 5.15 Å². The van der Waals surface area contributed by atoms with E-state index >= 15 is 0 Å². The van der Waals surface area contributed by atoms with Crippen LogP contribution in [0.5, 0.6) is 0 Å². The maximum Gasteiger partial charge on any atom is 0.166 e. The summed E-state index contributed by atoms with van der Waals surface area (Å²) < 4.78 is 2.06. The highest BCUT2D eigenvalue weighted by atomic mass is 35.5. The van der Waals surface area contributed by atoms with Crippen molar-refractivity contribution in [2.45, 2.75) is 20.3 Å². The van der Waals surface area contributed by atoms with E-state index in [1.54, 1.807) is 0 Å². The maximum atomic E-state index is 6.08. The second kappa shape index (κ2) is 4.67. The van der Waals surface area contributed by atoms with Gasteiger partial charge in [0.15, 0.2) is 5.65 Å². The summed E-state index contributed by atoms with van der Waals surface area (Å²) in [6.07, 6.45) is 0.839. The summed E-state index contributed by atoms with van der Waals surface area (Å²) in [6.45, 7) is 4.09. The van der Waals surface area contributed by atoms with Crippen LogP contribution in [0.25, 0.3) is 16.9 Å². The number of hydrogen-bond acceptors (Lipinski definition) is 2. The molecule has 0 atom stereocenters. The fourth-order valence-electron chi connectivity index (χ4n) is 2.24. The van der Waals surface area contributed by atoms with E-state index in [1.165, 1.54) is 0 Å². The highest BCUT2D eigenvalue weighted by Gasteiger charge is 2.14. The number of aryl methyl sites for hydroxylation is 2.